The molecule has 1 aliphatic rings. The fourth-order valence-electron chi connectivity index (χ4n) is 2.33. The van der Waals surface area contributed by atoms with Crippen molar-refractivity contribution in [3.63, 3.8) is 0 Å². The first-order chi connectivity index (χ1) is 9.71. The fraction of sp³-hybridized carbons (Fsp3) is 0.692. The molecule has 0 saturated carbocycles. The number of ether oxygens (including phenoxy) is 1. The lowest BCUT2D eigenvalue weighted by Crippen LogP contribution is -2.47. The van der Waals surface area contributed by atoms with Gasteiger partial charge in [-0.3, -0.25) is 0 Å². The SMILES string of the molecule is CCCc1nc(NN)cc(NC2(CO)CCOCC2)n1. The Hall–Kier alpha value is -1.44. The number of aliphatic hydroxyl groups excluding tert-OH is 1. The Bertz CT molecular complexity index is 435. The second-order valence-corrected chi connectivity index (χ2v) is 5.12. The maximum Gasteiger partial charge on any atom is 0.145 e. The van der Waals surface area contributed by atoms with E-state index < -0.39 is 0 Å². The third kappa shape index (κ3) is 3.56. The molecule has 1 fully saturated rings. The molecule has 0 unspecified atom stereocenters. The molecule has 0 aromatic carbocycles. The van der Waals surface area contributed by atoms with E-state index in [-0.39, 0.29) is 12.1 Å². The monoisotopic (exact) mass is 281 g/mol. The number of nitrogens with zero attached hydrogens (tertiary/aromatic N) is 2. The Morgan fingerprint density at radius 2 is 2.05 bits per heavy atom. The lowest BCUT2D eigenvalue weighted by Gasteiger charge is -2.36. The number of aliphatic hydroxyl groups is 1. The Morgan fingerprint density at radius 3 is 2.65 bits per heavy atom. The van der Waals surface area contributed by atoms with E-state index in [0.717, 1.165) is 31.5 Å². The molecule has 0 aliphatic carbocycles. The minimum atomic E-state index is -0.373. The van der Waals surface area contributed by atoms with Gasteiger partial charge in [-0.1, -0.05) is 6.92 Å². The number of aryl methyl sites for hydroxylation is 1. The molecule has 112 valence electrons. The van der Waals surface area contributed by atoms with Gasteiger partial charge in [0.25, 0.3) is 0 Å². The number of anilines is 2. The van der Waals surface area contributed by atoms with Gasteiger partial charge in [-0.25, -0.2) is 15.8 Å². The zero-order valence-electron chi connectivity index (χ0n) is 11.9. The van der Waals surface area contributed by atoms with Gasteiger partial charge in [-0.05, 0) is 19.3 Å². The molecule has 1 aromatic rings. The number of rotatable bonds is 6. The van der Waals surface area contributed by atoms with Crippen LogP contribution in [0.3, 0.4) is 0 Å². The van der Waals surface area contributed by atoms with E-state index in [4.69, 9.17) is 10.6 Å². The lowest BCUT2D eigenvalue weighted by molar-refractivity contribution is 0.0378. The molecule has 1 aliphatic heterocycles. The van der Waals surface area contributed by atoms with Crippen molar-refractivity contribution in [3.8, 4) is 0 Å². The van der Waals surface area contributed by atoms with Gasteiger partial charge in [0.1, 0.15) is 17.5 Å². The summed E-state index contributed by atoms with van der Waals surface area (Å²) >= 11 is 0. The van der Waals surface area contributed by atoms with Crippen LogP contribution in [0.4, 0.5) is 11.6 Å². The first-order valence-electron chi connectivity index (χ1n) is 7.03. The summed E-state index contributed by atoms with van der Waals surface area (Å²) in [6, 6.07) is 1.76. The summed E-state index contributed by atoms with van der Waals surface area (Å²) in [6.45, 7) is 3.41. The second kappa shape index (κ2) is 6.83. The smallest absolute Gasteiger partial charge is 0.145 e. The topological polar surface area (TPSA) is 105 Å². The van der Waals surface area contributed by atoms with Gasteiger partial charge in [0.05, 0.1) is 12.1 Å². The number of hydrogen-bond donors (Lipinski definition) is 4. The van der Waals surface area contributed by atoms with Gasteiger partial charge in [-0.2, -0.15) is 0 Å². The summed E-state index contributed by atoms with van der Waals surface area (Å²) < 4.78 is 5.36. The van der Waals surface area contributed by atoms with Gasteiger partial charge >= 0.3 is 0 Å². The van der Waals surface area contributed by atoms with Crippen LogP contribution < -0.4 is 16.6 Å². The molecule has 0 spiro atoms. The van der Waals surface area contributed by atoms with Crippen LogP contribution in [0.25, 0.3) is 0 Å². The van der Waals surface area contributed by atoms with Crippen molar-refractivity contribution in [2.75, 3.05) is 30.6 Å². The van der Waals surface area contributed by atoms with Crippen molar-refractivity contribution in [1.82, 2.24) is 9.97 Å². The third-order valence-corrected chi connectivity index (χ3v) is 3.54. The van der Waals surface area contributed by atoms with Crippen LogP contribution in [-0.4, -0.2) is 40.4 Å². The molecular formula is C13H23N5O2. The van der Waals surface area contributed by atoms with Crippen LogP contribution in [0.1, 0.15) is 32.0 Å². The van der Waals surface area contributed by atoms with Crippen LogP contribution in [-0.2, 0) is 11.2 Å². The summed E-state index contributed by atoms with van der Waals surface area (Å²) in [6.07, 6.45) is 3.26. The lowest BCUT2D eigenvalue weighted by atomic mass is 9.91. The molecule has 0 radical (unpaired) electrons. The van der Waals surface area contributed by atoms with Crippen molar-refractivity contribution < 1.29 is 9.84 Å². The van der Waals surface area contributed by atoms with Crippen molar-refractivity contribution >= 4 is 11.6 Å². The highest BCUT2D eigenvalue weighted by molar-refractivity contribution is 5.48. The molecule has 0 bridgehead atoms. The van der Waals surface area contributed by atoms with E-state index in [1.807, 2.05) is 0 Å². The molecule has 0 amide bonds. The minimum absolute atomic E-state index is 0.0505. The number of nitrogen functional groups attached to an aromatic ring is 1. The van der Waals surface area contributed by atoms with E-state index in [1.54, 1.807) is 6.07 Å². The highest BCUT2D eigenvalue weighted by Gasteiger charge is 2.32. The Morgan fingerprint density at radius 1 is 1.35 bits per heavy atom. The molecule has 7 heteroatoms. The van der Waals surface area contributed by atoms with Crippen molar-refractivity contribution in [2.24, 2.45) is 5.84 Å². The summed E-state index contributed by atoms with van der Waals surface area (Å²) in [5.74, 6) is 7.45. The zero-order valence-corrected chi connectivity index (χ0v) is 11.9. The number of nitrogens with two attached hydrogens (primary N) is 1. The predicted molar refractivity (Wildman–Crippen MR) is 77.3 cm³/mol. The van der Waals surface area contributed by atoms with Crippen molar-refractivity contribution in [3.05, 3.63) is 11.9 Å². The van der Waals surface area contributed by atoms with Gasteiger partial charge < -0.3 is 20.6 Å². The van der Waals surface area contributed by atoms with Gasteiger partial charge in [0.15, 0.2) is 0 Å². The van der Waals surface area contributed by atoms with Gasteiger partial charge in [0, 0.05) is 25.7 Å². The van der Waals surface area contributed by atoms with Crippen LogP contribution in [0.15, 0.2) is 6.07 Å². The summed E-state index contributed by atoms with van der Waals surface area (Å²) in [4.78, 5) is 8.80. The normalized spacial score (nSPS) is 17.8. The van der Waals surface area contributed by atoms with Crippen LogP contribution >= 0.6 is 0 Å². The Kier molecular flexibility index (Phi) is 5.11. The highest BCUT2D eigenvalue weighted by Crippen LogP contribution is 2.25. The standard InChI is InChI=1S/C13H23N5O2/c1-2-3-10-15-11(8-12(16-10)18-14)17-13(9-19)4-6-20-7-5-13/h8,19H,2-7,9,14H2,1H3,(H2,15,16,17,18). The number of hydrogen-bond acceptors (Lipinski definition) is 7. The molecule has 1 aromatic heterocycles. The van der Waals surface area contributed by atoms with E-state index in [9.17, 15) is 5.11 Å². The summed E-state index contributed by atoms with van der Waals surface area (Å²) in [5.41, 5.74) is 2.18. The quantitative estimate of drug-likeness (QED) is 0.448. The molecule has 20 heavy (non-hydrogen) atoms. The minimum Gasteiger partial charge on any atom is -0.394 e. The van der Waals surface area contributed by atoms with Crippen molar-refractivity contribution in [2.45, 2.75) is 38.1 Å². The van der Waals surface area contributed by atoms with Crippen LogP contribution in [0, 0.1) is 0 Å². The van der Waals surface area contributed by atoms with Gasteiger partial charge in [0.2, 0.25) is 0 Å². The van der Waals surface area contributed by atoms with E-state index in [0.29, 0.717) is 24.8 Å². The number of hydrazine groups is 1. The second-order valence-electron chi connectivity index (χ2n) is 5.12. The van der Waals surface area contributed by atoms with E-state index in [2.05, 4.69) is 27.6 Å². The maximum absolute atomic E-state index is 9.70. The molecule has 2 rings (SSSR count). The third-order valence-electron chi connectivity index (χ3n) is 3.54. The highest BCUT2D eigenvalue weighted by atomic mass is 16.5. The first kappa shape index (κ1) is 15.0. The van der Waals surface area contributed by atoms with Crippen LogP contribution in [0.2, 0.25) is 0 Å². The largest absolute Gasteiger partial charge is 0.394 e. The summed E-state index contributed by atoms with van der Waals surface area (Å²) in [5, 5.41) is 13.0. The average Bonchev–Trinajstić information content (AvgIpc) is 2.48. The Labute approximate surface area is 118 Å². The Balaban J connectivity index is 2.19. The fourth-order valence-corrected chi connectivity index (χ4v) is 2.33. The maximum atomic E-state index is 9.70. The number of nitrogens with one attached hydrogen (secondary N) is 2. The van der Waals surface area contributed by atoms with Crippen LogP contribution in [0.5, 0.6) is 0 Å². The zero-order chi connectivity index (χ0) is 14.4. The molecule has 2 heterocycles. The molecule has 7 nitrogen and oxygen atoms in total. The van der Waals surface area contributed by atoms with E-state index >= 15 is 0 Å². The summed E-state index contributed by atoms with van der Waals surface area (Å²) in [7, 11) is 0. The van der Waals surface area contributed by atoms with Gasteiger partial charge in [-0.15, -0.1) is 0 Å². The molecule has 0 atom stereocenters. The number of aromatic nitrogens is 2. The first-order valence-corrected chi connectivity index (χ1v) is 7.03. The molecular weight excluding hydrogens is 258 g/mol. The molecule has 1 saturated heterocycles. The van der Waals surface area contributed by atoms with Crippen molar-refractivity contribution in [1.29, 1.82) is 0 Å². The predicted octanol–water partition coefficient (Wildman–Crippen LogP) is 0.668. The molecule has 5 N–H and O–H groups in total. The van der Waals surface area contributed by atoms with E-state index in [1.165, 1.54) is 0 Å². The average molecular weight is 281 g/mol.